The molecule has 0 aromatic rings. The summed E-state index contributed by atoms with van der Waals surface area (Å²) in [7, 11) is 0. The number of nitrogens with two attached hydrogens (primary N) is 1. The van der Waals surface area contributed by atoms with E-state index < -0.39 is 0 Å². The summed E-state index contributed by atoms with van der Waals surface area (Å²) in [5.74, 6) is 5.43. The van der Waals surface area contributed by atoms with Crippen LogP contribution in [0.3, 0.4) is 0 Å². The largest absolute Gasteiger partial charge is 0.330 e. The summed E-state index contributed by atoms with van der Waals surface area (Å²) < 4.78 is 0. The van der Waals surface area contributed by atoms with Crippen molar-refractivity contribution in [3.63, 3.8) is 0 Å². The Hall–Kier alpha value is -0.0400. The molecule has 0 aliphatic heterocycles. The molecule has 3 rings (SSSR count). The number of fused-ring (bicyclic) bond motifs is 5. The Labute approximate surface area is 62.0 Å². The molecule has 2 N–H and O–H groups in total. The lowest BCUT2D eigenvalue weighted by molar-refractivity contribution is 0.324. The Kier molecular flexibility index (Phi) is 0.883. The summed E-state index contributed by atoms with van der Waals surface area (Å²) in [6.45, 7) is 0.963. The second-order valence-electron chi connectivity index (χ2n) is 4.45. The van der Waals surface area contributed by atoms with Gasteiger partial charge in [0.1, 0.15) is 0 Å². The van der Waals surface area contributed by atoms with E-state index in [2.05, 4.69) is 0 Å². The highest BCUT2D eigenvalue weighted by Gasteiger charge is 2.60. The number of hydrogen-bond acceptors (Lipinski definition) is 1. The SMILES string of the molecule is NC[C@@H]1C[C@H]2C[C@H]1[C@H]1C[C@@H]21. The quantitative estimate of drug-likeness (QED) is 0.578. The minimum Gasteiger partial charge on any atom is -0.330 e. The van der Waals surface area contributed by atoms with E-state index in [1.165, 1.54) is 18.8 Å². The predicted octanol–water partition coefficient (Wildman–Crippen LogP) is 1.24. The Bertz CT molecular complexity index is 166. The van der Waals surface area contributed by atoms with Crippen LogP contribution in [0.4, 0.5) is 0 Å². The summed E-state index contributed by atoms with van der Waals surface area (Å²) in [4.78, 5) is 0. The molecule has 3 aliphatic rings. The van der Waals surface area contributed by atoms with Crippen LogP contribution in [0.1, 0.15) is 19.3 Å². The molecule has 0 saturated heterocycles. The first-order chi connectivity index (χ1) is 4.90. The van der Waals surface area contributed by atoms with Gasteiger partial charge in [0.05, 0.1) is 0 Å². The van der Waals surface area contributed by atoms with E-state index in [-0.39, 0.29) is 0 Å². The third kappa shape index (κ3) is 0.493. The fourth-order valence-electron chi connectivity index (χ4n) is 3.62. The maximum Gasteiger partial charge on any atom is -0.00460 e. The van der Waals surface area contributed by atoms with Crippen LogP contribution in [0.2, 0.25) is 0 Å². The molecule has 5 atom stereocenters. The Morgan fingerprint density at radius 3 is 2.50 bits per heavy atom. The molecule has 3 aliphatic carbocycles. The molecular weight excluding hydrogens is 122 g/mol. The summed E-state index contributed by atoms with van der Waals surface area (Å²) >= 11 is 0. The van der Waals surface area contributed by atoms with Crippen LogP contribution >= 0.6 is 0 Å². The monoisotopic (exact) mass is 137 g/mol. The first-order valence-corrected chi connectivity index (χ1v) is 4.60. The van der Waals surface area contributed by atoms with Gasteiger partial charge in [-0.15, -0.1) is 0 Å². The topological polar surface area (TPSA) is 26.0 Å². The molecule has 0 amide bonds. The molecule has 0 radical (unpaired) electrons. The van der Waals surface area contributed by atoms with Gasteiger partial charge >= 0.3 is 0 Å². The lowest BCUT2D eigenvalue weighted by Crippen LogP contribution is -2.21. The van der Waals surface area contributed by atoms with E-state index in [1.807, 2.05) is 0 Å². The second-order valence-corrected chi connectivity index (χ2v) is 4.45. The van der Waals surface area contributed by atoms with Gasteiger partial charge in [0, 0.05) is 0 Å². The normalized spacial score (nSPS) is 62.7. The molecule has 0 unspecified atom stereocenters. The second kappa shape index (κ2) is 1.58. The van der Waals surface area contributed by atoms with Gasteiger partial charge in [-0.1, -0.05) is 0 Å². The Morgan fingerprint density at radius 2 is 1.90 bits per heavy atom. The van der Waals surface area contributed by atoms with Crippen LogP contribution in [-0.4, -0.2) is 6.54 Å². The van der Waals surface area contributed by atoms with Gasteiger partial charge in [0.2, 0.25) is 0 Å². The first kappa shape index (κ1) is 5.59. The van der Waals surface area contributed by atoms with Crippen molar-refractivity contribution in [3.8, 4) is 0 Å². The summed E-state index contributed by atoms with van der Waals surface area (Å²) in [5.41, 5.74) is 5.70. The third-order valence-electron chi connectivity index (χ3n) is 4.14. The average Bonchev–Trinajstić information content (AvgIpc) is 2.58. The lowest BCUT2D eigenvalue weighted by atomic mass is 9.89. The molecule has 0 spiro atoms. The first-order valence-electron chi connectivity index (χ1n) is 4.60. The molecule has 10 heavy (non-hydrogen) atoms. The van der Waals surface area contributed by atoms with Crippen LogP contribution in [-0.2, 0) is 0 Å². The van der Waals surface area contributed by atoms with E-state index in [0.29, 0.717) is 0 Å². The van der Waals surface area contributed by atoms with Crippen molar-refractivity contribution in [2.75, 3.05) is 6.54 Å². The minimum atomic E-state index is 0.925. The van der Waals surface area contributed by atoms with Gasteiger partial charge in [-0.05, 0) is 55.4 Å². The van der Waals surface area contributed by atoms with E-state index in [0.717, 1.165) is 30.2 Å². The zero-order valence-electron chi connectivity index (χ0n) is 6.29. The van der Waals surface area contributed by atoms with Crippen molar-refractivity contribution in [3.05, 3.63) is 0 Å². The van der Waals surface area contributed by atoms with Crippen molar-refractivity contribution in [1.82, 2.24) is 0 Å². The van der Waals surface area contributed by atoms with E-state index >= 15 is 0 Å². The van der Waals surface area contributed by atoms with Gasteiger partial charge in [-0.3, -0.25) is 0 Å². The van der Waals surface area contributed by atoms with Crippen LogP contribution in [0.25, 0.3) is 0 Å². The van der Waals surface area contributed by atoms with E-state index in [1.54, 1.807) is 6.42 Å². The zero-order valence-corrected chi connectivity index (χ0v) is 6.29. The summed E-state index contributed by atoms with van der Waals surface area (Å²) in [5, 5.41) is 0. The van der Waals surface area contributed by atoms with Crippen molar-refractivity contribution >= 4 is 0 Å². The third-order valence-corrected chi connectivity index (χ3v) is 4.14. The Morgan fingerprint density at radius 1 is 1.00 bits per heavy atom. The predicted molar refractivity (Wildman–Crippen MR) is 40.4 cm³/mol. The summed E-state index contributed by atoms with van der Waals surface area (Å²) in [6.07, 6.45) is 4.57. The molecule has 3 fully saturated rings. The van der Waals surface area contributed by atoms with Crippen LogP contribution in [0.15, 0.2) is 0 Å². The fourth-order valence-corrected chi connectivity index (χ4v) is 3.62. The smallest absolute Gasteiger partial charge is 0.00460 e. The number of hydrogen-bond donors (Lipinski definition) is 1. The standard InChI is InChI=1S/C9H15N/c10-4-6-1-5-2-7(6)9-3-8(5)9/h5-9H,1-4,10H2/t5-,6-,7+,8-,9+/m0/s1. The molecule has 0 aromatic heterocycles. The van der Waals surface area contributed by atoms with Gasteiger partial charge in [0.15, 0.2) is 0 Å². The van der Waals surface area contributed by atoms with Crippen molar-refractivity contribution in [2.45, 2.75) is 19.3 Å². The molecular formula is C9H15N. The highest BCUT2D eigenvalue weighted by molar-refractivity contribution is 5.09. The van der Waals surface area contributed by atoms with Gasteiger partial charge < -0.3 is 5.73 Å². The van der Waals surface area contributed by atoms with E-state index in [4.69, 9.17) is 5.73 Å². The molecule has 0 heterocycles. The summed E-state index contributed by atoms with van der Waals surface area (Å²) in [6, 6.07) is 0. The minimum absolute atomic E-state index is 0.925. The van der Waals surface area contributed by atoms with Gasteiger partial charge in [-0.2, -0.15) is 0 Å². The van der Waals surface area contributed by atoms with Gasteiger partial charge in [-0.25, -0.2) is 0 Å². The highest BCUT2D eigenvalue weighted by atomic mass is 14.7. The molecule has 1 heteroatoms. The zero-order chi connectivity index (χ0) is 6.72. The van der Waals surface area contributed by atoms with Crippen LogP contribution < -0.4 is 5.73 Å². The van der Waals surface area contributed by atoms with Crippen molar-refractivity contribution in [1.29, 1.82) is 0 Å². The maximum atomic E-state index is 5.70. The Balaban J connectivity index is 1.85. The lowest BCUT2D eigenvalue weighted by Gasteiger charge is -2.18. The van der Waals surface area contributed by atoms with Crippen molar-refractivity contribution in [2.24, 2.45) is 35.3 Å². The number of rotatable bonds is 1. The molecule has 2 bridgehead atoms. The van der Waals surface area contributed by atoms with Gasteiger partial charge in [0.25, 0.3) is 0 Å². The maximum absolute atomic E-state index is 5.70. The molecule has 1 nitrogen and oxygen atoms in total. The van der Waals surface area contributed by atoms with Crippen LogP contribution in [0, 0.1) is 29.6 Å². The highest BCUT2D eigenvalue weighted by Crippen LogP contribution is 2.67. The fraction of sp³-hybridized carbons (Fsp3) is 1.00. The average molecular weight is 137 g/mol. The van der Waals surface area contributed by atoms with E-state index in [9.17, 15) is 0 Å². The molecule has 56 valence electrons. The molecule has 3 saturated carbocycles. The van der Waals surface area contributed by atoms with Crippen LogP contribution in [0.5, 0.6) is 0 Å². The molecule has 0 aromatic carbocycles. The van der Waals surface area contributed by atoms with Crippen molar-refractivity contribution < 1.29 is 0 Å².